The van der Waals surface area contributed by atoms with Gasteiger partial charge < -0.3 is 10.4 Å². The molecule has 1 heterocycles. The van der Waals surface area contributed by atoms with Gasteiger partial charge in [-0.1, -0.05) is 20.3 Å². The van der Waals surface area contributed by atoms with Gasteiger partial charge in [-0.15, -0.1) is 0 Å². The number of nitrogens with one attached hydrogen (secondary N) is 2. The lowest BCUT2D eigenvalue weighted by molar-refractivity contribution is 0.227. The van der Waals surface area contributed by atoms with Crippen molar-refractivity contribution in [2.75, 3.05) is 11.9 Å². The molecule has 6 nitrogen and oxygen atoms in total. The maximum atomic E-state index is 12.1. The highest BCUT2D eigenvalue weighted by molar-refractivity contribution is 5.88. The first-order chi connectivity index (χ1) is 10.0. The molecule has 3 N–H and O–H groups in total. The molecule has 118 valence electrons. The molecule has 6 heteroatoms. The summed E-state index contributed by atoms with van der Waals surface area (Å²) in [5.41, 5.74) is 1.06. The Morgan fingerprint density at radius 1 is 1.52 bits per heavy atom. The number of aromatic nitrogens is 2. The minimum absolute atomic E-state index is 0.0330. The molecular weight excluding hydrogens is 268 g/mol. The first kappa shape index (κ1) is 15.8. The number of hydrogen-bond donors (Lipinski definition) is 3. The molecule has 1 aromatic rings. The molecule has 1 unspecified atom stereocenters. The van der Waals surface area contributed by atoms with E-state index in [1.54, 1.807) is 4.68 Å². The van der Waals surface area contributed by atoms with Gasteiger partial charge in [-0.25, -0.2) is 4.79 Å². The first-order valence-corrected chi connectivity index (χ1v) is 7.73. The molecule has 0 saturated heterocycles. The zero-order valence-corrected chi connectivity index (χ0v) is 13.1. The lowest BCUT2D eigenvalue weighted by Crippen LogP contribution is -2.41. The summed E-state index contributed by atoms with van der Waals surface area (Å²) in [4.78, 5) is 12.1. The minimum atomic E-state index is -0.245. The number of urea groups is 1. The number of rotatable bonds is 6. The van der Waals surface area contributed by atoms with Crippen molar-refractivity contribution in [3.63, 3.8) is 0 Å². The van der Waals surface area contributed by atoms with Gasteiger partial charge >= 0.3 is 6.03 Å². The van der Waals surface area contributed by atoms with E-state index < -0.39 is 0 Å². The third-order valence-electron chi connectivity index (χ3n) is 4.23. The Hall–Kier alpha value is -1.56. The number of carbonyl (C=O) groups is 1. The second-order valence-electron chi connectivity index (χ2n) is 6.17. The average Bonchev–Trinajstić information content (AvgIpc) is 2.67. The van der Waals surface area contributed by atoms with Crippen LogP contribution in [-0.2, 0) is 7.05 Å². The molecular formula is C15H26N4O2. The number of aryl methyl sites for hydroxylation is 1. The summed E-state index contributed by atoms with van der Waals surface area (Å²) in [5, 5.41) is 19.3. The molecule has 0 bridgehead atoms. The number of aliphatic hydroxyl groups is 1. The van der Waals surface area contributed by atoms with Crippen LogP contribution < -0.4 is 10.6 Å². The van der Waals surface area contributed by atoms with E-state index in [9.17, 15) is 4.79 Å². The molecule has 1 aliphatic carbocycles. The summed E-state index contributed by atoms with van der Waals surface area (Å²) in [6.07, 6.45) is 4.20. The van der Waals surface area contributed by atoms with Gasteiger partial charge in [-0.2, -0.15) is 5.10 Å². The van der Waals surface area contributed by atoms with E-state index in [1.165, 1.54) is 19.3 Å². The Bertz CT molecular complexity index is 480. The number of aliphatic hydroxyl groups excluding tert-OH is 1. The molecule has 1 saturated carbocycles. The normalized spacial score (nSPS) is 16.6. The van der Waals surface area contributed by atoms with Gasteiger partial charge in [0, 0.05) is 31.7 Å². The summed E-state index contributed by atoms with van der Waals surface area (Å²) in [6, 6.07) is 1.68. The Balaban J connectivity index is 1.93. The van der Waals surface area contributed by atoms with Crippen LogP contribution in [0.15, 0.2) is 6.07 Å². The molecule has 1 aromatic heterocycles. The SMILES string of the molecule is CC(C)C(CCO)NC(=O)Nc1cc(C2CCC2)nn1C. The molecule has 0 aliphatic heterocycles. The Labute approximate surface area is 125 Å². The van der Waals surface area contributed by atoms with Crippen molar-refractivity contribution in [1.82, 2.24) is 15.1 Å². The van der Waals surface area contributed by atoms with Crippen molar-refractivity contribution in [3.8, 4) is 0 Å². The summed E-state index contributed by atoms with van der Waals surface area (Å²) in [7, 11) is 1.84. The average molecular weight is 294 g/mol. The van der Waals surface area contributed by atoms with Crippen LogP contribution in [0, 0.1) is 5.92 Å². The van der Waals surface area contributed by atoms with Crippen LogP contribution in [-0.4, -0.2) is 33.6 Å². The summed E-state index contributed by atoms with van der Waals surface area (Å²) < 4.78 is 1.71. The molecule has 1 atom stereocenters. The standard InChI is InChI=1S/C15H26N4O2/c1-10(2)12(7-8-20)16-15(21)17-14-9-13(18-19(14)3)11-5-4-6-11/h9-12,20H,4-8H2,1-3H3,(H2,16,17,21). The molecule has 0 aromatic carbocycles. The molecule has 0 spiro atoms. The van der Waals surface area contributed by atoms with Crippen molar-refractivity contribution in [1.29, 1.82) is 0 Å². The van der Waals surface area contributed by atoms with Crippen LogP contribution in [0.1, 0.15) is 51.1 Å². The monoisotopic (exact) mass is 294 g/mol. The third kappa shape index (κ3) is 3.97. The fourth-order valence-electron chi connectivity index (χ4n) is 2.54. The topological polar surface area (TPSA) is 79.2 Å². The lowest BCUT2D eigenvalue weighted by Gasteiger charge is -2.22. The van der Waals surface area contributed by atoms with Crippen molar-refractivity contribution in [3.05, 3.63) is 11.8 Å². The third-order valence-corrected chi connectivity index (χ3v) is 4.23. The lowest BCUT2D eigenvalue weighted by atomic mass is 9.83. The van der Waals surface area contributed by atoms with E-state index in [1.807, 2.05) is 27.0 Å². The predicted molar refractivity (Wildman–Crippen MR) is 82.3 cm³/mol. The minimum Gasteiger partial charge on any atom is -0.396 e. The van der Waals surface area contributed by atoms with Crippen molar-refractivity contribution in [2.24, 2.45) is 13.0 Å². The fraction of sp³-hybridized carbons (Fsp3) is 0.733. The quantitative estimate of drug-likeness (QED) is 0.752. The molecule has 2 amide bonds. The van der Waals surface area contributed by atoms with Crippen molar-refractivity contribution in [2.45, 2.75) is 51.5 Å². The van der Waals surface area contributed by atoms with Gasteiger partial charge in [-0.3, -0.25) is 10.00 Å². The van der Waals surface area contributed by atoms with Gasteiger partial charge in [0.25, 0.3) is 0 Å². The Morgan fingerprint density at radius 2 is 2.24 bits per heavy atom. The van der Waals surface area contributed by atoms with E-state index in [-0.39, 0.29) is 24.6 Å². The van der Waals surface area contributed by atoms with Gasteiger partial charge in [0.05, 0.1) is 5.69 Å². The summed E-state index contributed by atoms with van der Waals surface area (Å²) in [6.45, 7) is 4.12. The highest BCUT2D eigenvalue weighted by atomic mass is 16.3. The second kappa shape index (κ2) is 6.93. The molecule has 1 fully saturated rings. The van der Waals surface area contributed by atoms with E-state index >= 15 is 0 Å². The van der Waals surface area contributed by atoms with Crippen LogP contribution in [0.5, 0.6) is 0 Å². The maximum absolute atomic E-state index is 12.1. The van der Waals surface area contributed by atoms with E-state index in [4.69, 9.17) is 5.11 Å². The van der Waals surface area contributed by atoms with E-state index in [0.717, 1.165) is 5.69 Å². The van der Waals surface area contributed by atoms with Gasteiger partial charge in [0.1, 0.15) is 5.82 Å². The second-order valence-corrected chi connectivity index (χ2v) is 6.17. The summed E-state index contributed by atoms with van der Waals surface area (Å²) in [5.74, 6) is 1.54. The van der Waals surface area contributed by atoms with Crippen LogP contribution in [0.3, 0.4) is 0 Å². The Morgan fingerprint density at radius 3 is 2.76 bits per heavy atom. The largest absolute Gasteiger partial charge is 0.396 e. The number of amides is 2. The molecule has 21 heavy (non-hydrogen) atoms. The maximum Gasteiger partial charge on any atom is 0.320 e. The highest BCUT2D eigenvalue weighted by Gasteiger charge is 2.23. The number of hydrogen-bond acceptors (Lipinski definition) is 3. The van der Waals surface area contributed by atoms with Crippen molar-refractivity contribution >= 4 is 11.8 Å². The molecule has 1 aliphatic rings. The fourth-order valence-corrected chi connectivity index (χ4v) is 2.54. The van der Waals surface area contributed by atoms with Crippen LogP contribution in [0.25, 0.3) is 0 Å². The van der Waals surface area contributed by atoms with Gasteiger partial charge in [-0.05, 0) is 25.2 Å². The van der Waals surface area contributed by atoms with Crippen LogP contribution in [0.2, 0.25) is 0 Å². The Kier molecular flexibility index (Phi) is 5.22. The molecule has 0 radical (unpaired) electrons. The first-order valence-electron chi connectivity index (χ1n) is 7.73. The summed E-state index contributed by atoms with van der Waals surface area (Å²) >= 11 is 0. The van der Waals surface area contributed by atoms with Gasteiger partial charge in [0.15, 0.2) is 0 Å². The zero-order chi connectivity index (χ0) is 15.4. The number of nitrogens with zero attached hydrogens (tertiary/aromatic N) is 2. The van der Waals surface area contributed by atoms with Crippen LogP contribution in [0.4, 0.5) is 10.6 Å². The zero-order valence-electron chi connectivity index (χ0n) is 13.1. The smallest absolute Gasteiger partial charge is 0.320 e. The molecule has 2 rings (SSSR count). The number of anilines is 1. The number of carbonyl (C=O) groups excluding carboxylic acids is 1. The van der Waals surface area contributed by atoms with Gasteiger partial charge in [0.2, 0.25) is 0 Å². The van der Waals surface area contributed by atoms with Crippen LogP contribution >= 0.6 is 0 Å². The van der Waals surface area contributed by atoms with E-state index in [2.05, 4.69) is 15.7 Å². The van der Waals surface area contributed by atoms with Crippen molar-refractivity contribution < 1.29 is 9.90 Å². The highest BCUT2D eigenvalue weighted by Crippen LogP contribution is 2.36. The predicted octanol–water partition coefficient (Wildman–Crippen LogP) is 2.22. The van der Waals surface area contributed by atoms with E-state index in [0.29, 0.717) is 18.2 Å².